The molecule has 2 aromatic carbocycles. The minimum Gasteiger partial charge on any atom is -0.494 e. The number of rotatable bonds is 6. The second kappa shape index (κ2) is 8.85. The number of hydrogen-bond donors (Lipinski definition) is 1. The fourth-order valence-electron chi connectivity index (χ4n) is 3.70. The van der Waals surface area contributed by atoms with E-state index in [4.69, 9.17) is 21.5 Å². The molecule has 0 fully saturated rings. The number of thiocarbonyl (C=S) groups is 1. The first-order chi connectivity index (χ1) is 15.0. The molecule has 0 aliphatic carbocycles. The van der Waals surface area contributed by atoms with Crippen molar-refractivity contribution in [3.05, 3.63) is 71.5 Å². The lowest BCUT2D eigenvalue weighted by atomic mass is 9.95. The molecule has 31 heavy (non-hydrogen) atoms. The summed E-state index contributed by atoms with van der Waals surface area (Å²) in [6.45, 7) is 4.88. The van der Waals surface area contributed by atoms with Crippen molar-refractivity contribution < 1.29 is 13.7 Å². The van der Waals surface area contributed by atoms with Crippen molar-refractivity contribution >= 4 is 22.9 Å². The molecule has 1 aromatic heterocycles. The van der Waals surface area contributed by atoms with Crippen molar-refractivity contribution in [3.8, 4) is 17.1 Å². The zero-order chi connectivity index (χ0) is 22.0. The lowest BCUT2D eigenvalue weighted by Gasteiger charge is -2.37. The van der Waals surface area contributed by atoms with Crippen molar-refractivity contribution in [2.24, 2.45) is 0 Å². The average Bonchev–Trinajstić information content (AvgIpc) is 3.26. The van der Waals surface area contributed by atoms with Gasteiger partial charge in [0.25, 0.3) is 5.89 Å². The first kappa shape index (κ1) is 21.0. The minimum absolute atomic E-state index is 0.162. The largest absolute Gasteiger partial charge is 0.494 e. The van der Waals surface area contributed by atoms with Crippen molar-refractivity contribution in [2.75, 3.05) is 13.7 Å². The van der Waals surface area contributed by atoms with Crippen LogP contribution >= 0.6 is 12.2 Å². The van der Waals surface area contributed by atoms with Gasteiger partial charge < -0.3 is 19.5 Å². The summed E-state index contributed by atoms with van der Waals surface area (Å²) < 4.78 is 24.8. The van der Waals surface area contributed by atoms with Crippen LogP contribution in [0.5, 0.6) is 5.75 Å². The van der Waals surface area contributed by atoms with E-state index in [9.17, 15) is 4.39 Å². The summed E-state index contributed by atoms with van der Waals surface area (Å²) in [5, 5.41) is 8.18. The van der Waals surface area contributed by atoms with Gasteiger partial charge >= 0.3 is 0 Å². The smallest absolute Gasteiger partial charge is 0.258 e. The van der Waals surface area contributed by atoms with Crippen molar-refractivity contribution in [1.29, 1.82) is 0 Å². The zero-order valence-electron chi connectivity index (χ0n) is 17.6. The number of allylic oxidation sites excluding steroid dienone is 1. The summed E-state index contributed by atoms with van der Waals surface area (Å²) in [4.78, 5) is 6.64. The van der Waals surface area contributed by atoms with E-state index in [1.807, 2.05) is 42.2 Å². The van der Waals surface area contributed by atoms with Crippen molar-refractivity contribution in [2.45, 2.75) is 26.3 Å². The third-order valence-corrected chi connectivity index (χ3v) is 5.58. The summed E-state index contributed by atoms with van der Waals surface area (Å²) in [7, 11) is 1.42. The van der Waals surface area contributed by atoms with Gasteiger partial charge in [-0.15, -0.1) is 0 Å². The summed E-state index contributed by atoms with van der Waals surface area (Å²) in [6.07, 6.45) is 0.933. The Hall–Kier alpha value is -3.26. The molecule has 1 N–H and O–H groups in total. The molecule has 1 aliphatic heterocycles. The quantitative estimate of drug-likeness (QED) is 0.546. The Labute approximate surface area is 185 Å². The van der Waals surface area contributed by atoms with Gasteiger partial charge in [-0.05, 0) is 49.3 Å². The van der Waals surface area contributed by atoms with Crippen LogP contribution in [-0.4, -0.2) is 33.8 Å². The van der Waals surface area contributed by atoms with Gasteiger partial charge in [-0.2, -0.15) is 4.98 Å². The number of benzene rings is 2. The van der Waals surface area contributed by atoms with E-state index >= 15 is 0 Å². The average molecular weight is 439 g/mol. The maximum absolute atomic E-state index is 14.2. The molecule has 2 heterocycles. The molecular formula is C23H23FN4O2S. The van der Waals surface area contributed by atoms with Gasteiger partial charge in [-0.1, -0.05) is 42.4 Å². The first-order valence-electron chi connectivity index (χ1n) is 10.0. The van der Waals surface area contributed by atoms with Crippen molar-refractivity contribution in [1.82, 2.24) is 20.4 Å². The van der Waals surface area contributed by atoms with Crippen LogP contribution in [0, 0.1) is 5.82 Å². The van der Waals surface area contributed by atoms with Crippen LogP contribution < -0.4 is 10.1 Å². The molecule has 160 valence electrons. The van der Waals surface area contributed by atoms with Crippen LogP contribution in [0.1, 0.15) is 37.8 Å². The molecule has 3 aromatic rings. The maximum atomic E-state index is 14.2. The Morgan fingerprint density at radius 3 is 2.68 bits per heavy atom. The number of halogens is 1. The van der Waals surface area contributed by atoms with Crippen LogP contribution in [-0.2, 0) is 0 Å². The monoisotopic (exact) mass is 438 g/mol. The molecule has 4 rings (SSSR count). The second-order valence-corrected chi connectivity index (χ2v) is 7.60. The predicted molar refractivity (Wildman–Crippen MR) is 121 cm³/mol. The van der Waals surface area contributed by atoms with E-state index in [0.717, 1.165) is 29.8 Å². The van der Waals surface area contributed by atoms with E-state index in [1.54, 1.807) is 12.1 Å². The molecule has 6 nitrogen and oxygen atoms in total. The highest BCUT2D eigenvalue weighted by atomic mass is 32.1. The van der Waals surface area contributed by atoms with E-state index in [0.29, 0.717) is 22.4 Å². The third-order valence-electron chi connectivity index (χ3n) is 5.24. The molecule has 0 amide bonds. The number of nitrogens with zero attached hydrogens (tertiary/aromatic N) is 3. The van der Waals surface area contributed by atoms with Gasteiger partial charge in [0.2, 0.25) is 5.82 Å². The molecule has 1 aliphatic rings. The topological polar surface area (TPSA) is 63.4 Å². The molecule has 0 saturated heterocycles. The first-order valence-corrected chi connectivity index (χ1v) is 10.5. The minimum atomic E-state index is -0.484. The Bertz CT molecular complexity index is 1130. The second-order valence-electron chi connectivity index (χ2n) is 7.22. The Balaban J connectivity index is 1.79. The Morgan fingerprint density at radius 2 is 2.00 bits per heavy atom. The van der Waals surface area contributed by atoms with Crippen LogP contribution in [0.25, 0.3) is 17.0 Å². The SMILES string of the molecule is CCCN1C(=S)NC(c2ccccc2)C(c2nc(-c3ccc(OC)c(F)c3)no2)=C1C. The van der Waals surface area contributed by atoms with Crippen LogP contribution in [0.3, 0.4) is 0 Å². The number of hydrogen-bond acceptors (Lipinski definition) is 5. The van der Waals surface area contributed by atoms with E-state index in [2.05, 4.69) is 22.4 Å². The predicted octanol–water partition coefficient (Wildman–Crippen LogP) is 4.96. The number of methoxy groups -OCH3 is 1. The molecule has 0 saturated carbocycles. The highest BCUT2D eigenvalue weighted by Crippen LogP contribution is 2.37. The highest BCUT2D eigenvalue weighted by molar-refractivity contribution is 7.80. The third kappa shape index (κ3) is 4.03. The summed E-state index contributed by atoms with van der Waals surface area (Å²) in [5.41, 5.74) is 3.34. The highest BCUT2D eigenvalue weighted by Gasteiger charge is 2.33. The Morgan fingerprint density at radius 1 is 1.23 bits per heavy atom. The van der Waals surface area contributed by atoms with Gasteiger partial charge in [-0.25, -0.2) is 4.39 Å². The van der Waals surface area contributed by atoms with Gasteiger partial charge in [-0.3, -0.25) is 0 Å². The molecule has 0 radical (unpaired) electrons. The zero-order valence-corrected chi connectivity index (χ0v) is 18.4. The van der Waals surface area contributed by atoms with E-state index in [1.165, 1.54) is 13.2 Å². The molecule has 1 unspecified atom stereocenters. The van der Waals surface area contributed by atoms with Crippen LogP contribution in [0.15, 0.2) is 58.8 Å². The standard InChI is InChI=1S/C23H23FN4O2S/c1-4-12-28-14(2)19(20(25-23(28)31)15-8-6-5-7-9-15)22-26-21(27-30-22)16-10-11-18(29-3)17(24)13-16/h5-11,13,20H,4,12H2,1-3H3,(H,25,31). The summed E-state index contributed by atoms with van der Waals surface area (Å²) in [5.74, 6) is 0.352. The lowest BCUT2D eigenvalue weighted by Crippen LogP contribution is -2.46. The van der Waals surface area contributed by atoms with Gasteiger partial charge in [0.05, 0.1) is 18.7 Å². The number of aromatic nitrogens is 2. The Kier molecular flexibility index (Phi) is 5.99. The molecule has 0 bridgehead atoms. The molecule has 8 heteroatoms. The molecule has 0 spiro atoms. The van der Waals surface area contributed by atoms with Crippen molar-refractivity contribution in [3.63, 3.8) is 0 Å². The van der Waals surface area contributed by atoms with Crippen LogP contribution in [0.2, 0.25) is 0 Å². The van der Waals surface area contributed by atoms with E-state index < -0.39 is 5.82 Å². The summed E-state index contributed by atoms with van der Waals surface area (Å²) >= 11 is 5.63. The fraction of sp³-hybridized carbons (Fsp3) is 0.261. The maximum Gasteiger partial charge on any atom is 0.258 e. The van der Waals surface area contributed by atoms with Gasteiger partial charge in [0, 0.05) is 17.8 Å². The van der Waals surface area contributed by atoms with Gasteiger partial charge in [0.15, 0.2) is 16.7 Å². The fourth-order valence-corrected chi connectivity index (χ4v) is 4.05. The number of ether oxygens (including phenoxy) is 1. The van der Waals surface area contributed by atoms with Crippen LogP contribution in [0.4, 0.5) is 4.39 Å². The van der Waals surface area contributed by atoms with E-state index in [-0.39, 0.29) is 11.8 Å². The number of nitrogens with one attached hydrogen (secondary N) is 1. The lowest BCUT2D eigenvalue weighted by molar-refractivity contribution is 0.386. The summed E-state index contributed by atoms with van der Waals surface area (Å²) in [6, 6.07) is 14.3. The normalized spacial score (nSPS) is 16.5. The van der Waals surface area contributed by atoms with Gasteiger partial charge in [0.1, 0.15) is 0 Å². The molecular weight excluding hydrogens is 415 g/mol. The molecule has 1 atom stereocenters.